The summed E-state index contributed by atoms with van der Waals surface area (Å²) in [5, 5.41) is 20.3. The lowest BCUT2D eigenvalue weighted by Crippen LogP contribution is -2.49. The molecule has 144 valence electrons. The molecule has 0 heterocycles. The molecular formula is C22H25FO4. The zero-order chi connectivity index (χ0) is 20.4. The molecule has 0 amide bonds. The van der Waals surface area contributed by atoms with Crippen molar-refractivity contribution in [3.63, 3.8) is 0 Å². The van der Waals surface area contributed by atoms with Gasteiger partial charge in [-0.05, 0) is 42.7 Å². The Labute approximate surface area is 158 Å². The highest BCUT2D eigenvalue weighted by Crippen LogP contribution is 2.47. The van der Waals surface area contributed by atoms with E-state index in [2.05, 4.69) is 0 Å². The van der Waals surface area contributed by atoms with E-state index >= 15 is 0 Å². The topological polar surface area (TPSA) is 74.6 Å². The molecule has 2 rings (SSSR count). The molecule has 0 unspecified atom stereocenters. The molecule has 0 fully saturated rings. The molecule has 1 aromatic rings. The zero-order valence-electron chi connectivity index (χ0n) is 16.0. The SMILES string of the molecule is CC(C=C[C@@]1(O)C(C)=C(Cc2ccccc2F)C(=O)CC1(C)C)=CC(=O)O. The number of aliphatic hydroxyl groups is 1. The van der Waals surface area contributed by atoms with Gasteiger partial charge in [-0.2, -0.15) is 0 Å². The van der Waals surface area contributed by atoms with Crippen molar-refractivity contribution in [2.75, 3.05) is 0 Å². The standard InChI is InChI=1S/C22H25FO4/c1-14(11-20(25)26)9-10-22(27)15(2)17(19(24)13-21(22,3)4)12-16-7-5-6-8-18(16)23/h5-11,27H,12-13H2,1-4H3,(H,25,26)/t22-/m1/s1. The fourth-order valence-electron chi connectivity index (χ4n) is 3.50. The summed E-state index contributed by atoms with van der Waals surface area (Å²) in [5.41, 5.74) is -0.514. The van der Waals surface area contributed by atoms with E-state index in [1.807, 2.05) is 0 Å². The minimum Gasteiger partial charge on any atom is -0.478 e. The molecule has 1 aliphatic carbocycles. The predicted molar refractivity (Wildman–Crippen MR) is 102 cm³/mol. The van der Waals surface area contributed by atoms with Gasteiger partial charge in [0.15, 0.2) is 5.78 Å². The first kappa shape index (κ1) is 20.8. The van der Waals surface area contributed by atoms with Crippen molar-refractivity contribution in [2.24, 2.45) is 5.41 Å². The van der Waals surface area contributed by atoms with Crippen LogP contribution in [0.25, 0.3) is 0 Å². The number of carboxylic acid groups (broad SMARTS) is 1. The zero-order valence-corrected chi connectivity index (χ0v) is 16.0. The van der Waals surface area contributed by atoms with Crippen molar-refractivity contribution in [2.45, 2.75) is 46.1 Å². The van der Waals surface area contributed by atoms with Gasteiger partial charge in [-0.3, -0.25) is 4.79 Å². The number of halogens is 1. The van der Waals surface area contributed by atoms with Crippen molar-refractivity contribution >= 4 is 11.8 Å². The number of carboxylic acids is 1. The second-order valence-corrected chi connectivity index (χ2v) is 7.68. The van der Waals surface area contributed by atoms with Crippen LogP contribution in [0.2, 0.25) is 0 Å². The van der Waals surface area contributed by atoms with Crippen LogP contribution in [0.3, 0.4) is 0 Å². The molecule has 0 saturated carbocycles. The maximum atomic E-state index is 14.0. The number of Topliss-reactive ketones (excluding diaryl/α,β-unsaturated/α-hetero) is 1. The number of hydrogen-bond acceptors (Lipinski definition) is 3. The van der Waals surface area contributed by atoms with Crippen LogP contribution in [0.5, 0.6) is 0 Å². The first-order valence-electron chi connectivity index (χ1n) is 8.77. The lowest BCUT2D eigenvalue weighted by Gasteiger charge is -2.45. The predicted octanol–water partition coefficient (Wildman–Crippen LogP) is 4.00. The van der Waals surface area contributed by atoms with Gasteiger partial charge in [0, 0.05) is 29.9 Å². The number of aliphatic carboxylic acids is 1. The van der Waals surface area contributed by atoms with Crippen LogP contribution in [0.15, 0.2) is 59.2 Å². The van der Waals surface area contributed by atoms with E-state index < -0.39 is 22.8 Å². The Hall–Kier alpha value is -2.53. The van der Waals surface area contributed by atoms with Gasteiger partial charge < -0.3 is 10.2 Å². The average Bonchev–Trinajstić information content (AvgIpc) is 2.56. The van der Waals surface area contributed by atoms with E-state index in [1.54, 1.807) is 45.9 Å². The minimum absolute atomic E-state index is 0.105. The number of carbonyl (C=O) groups excluding carboxylic acids is 1. The van der Waals surface area contributed by atoms with Crippen molar-refractivity contribution < 1.29 is 24.2 Å². The van der Waals surface area contributed by atoms with Crippen LogP contribution in [-0.4, -0.2) is 27.6 Å². The number of ketones is 1. The summed E-state index contributed by atoms with van der Waals surface area (Å²) in [6, 6.07) is 6.26. The number of benzene rings is 1. The molecule has 0 aliphatic heterocycles. The highest BCUT2D eigenvalue weighted by atomic mass is 19.1. The molecule has 0 saturated heterocycles. The van der Waals surface area contributed by atoms with Crippen LogP contribution in [0, 0.1) is 11.2 Å². The molecule has 27 heavy (non-hydrogen) atoms. The summed E-state index contributed by atoms with van der Waals surface area (Å²) in [4.78, 5) is 23.5. The summed E-state index contributed by atoms with van der Waals surface area (Å²) in [5.74, 6) is -1.58. The summed E-state index contributed by atoms with van der Waals surface area (Å²) in [6.45, 7) is 6.87. The molecule has 0 bridgehead atoms. The number of hydrogen-bond donors (Lipinski definition) is 2. The van der Waals surface area contributed by atoms with E-state index in [0.717, 1.165) is 6.08 Å². The van der Waals surface area contributed by atoms with Gasteiger partial charge in [-0.25, -0.2) is 9.18 Å². The van der Waals surface area contributed by atoms with E-state index in [-0.39, 0.29) is 18.6 Å². The Morgan fingerprint density at radius 1 is 1.30 bits per heavy atom. The quantitative estimate of drug-likeness (QED) is 0.605. The lowest BCUT2D eigenvalue weighted by atomic mass is 9.62. The molecule has 1 aliphatic rings. The molecule has 4 nitrogen and oxygen atoms in total. The fraction of sp³-hybridized carbons (Fsp3) is 0.364. The van der Waals surface area contributed by atoms with Crippen LogP contribution in [0.4, 0.5) is 4.39 Å². The third-order valence-corrected chi connectivity index (χ3v) is 5.26. The maximum Gasteiger partial charge on any atom is 0.328 e. The fourth-order valence-corrected chi connectivity index (χ4v) is 3.50. The van der Waals surface area contributed by atoms with Crippen molar-refractivity contribution in [3.8, 4) is 0 Å². The maximum absolute atomic E-state index is 14.0. The first-order valence-corrected chi connectivity index (χ1v) is 8.77. The molecule has 1 aromatic carbocycles. The average molecular weight is 372 g/mol. The van der Waals surface area contributed by atoms with Gasteiger partial charge >= 0.3 is 5.97 Å². The van der Waals surface area contributed by atoms with Crippen LogP contribution in [0.1, 0.15) is 39.7 Å². The molecular weight excluding hydrogens is 347 g/mol. The first-order chi connectivity index (χ1) is 12.5. The summed E-state index contributed by atoms with van der Waals surface area (Å²) in [7, 11) is 0. The smallest absolute Gasteiger partial charge is 0.328 e. The summed E-state index contributed by atoms with van der Waals surface area (Å²) < 4.78 is 14.0. The number of carbonyl (C=O) groups is 2. The normalized spacial score (nSPS) is 23.2. The third kappa shape index (κ3) is 4.25. The summed E-state index contributed by atoms with van der Waals surface area (Å²) >= 11 is 0. The van der Waals surface area contributed by atoms with E-state index in [0.29, 0.717) is 22.3 Å². The van der Waals surface area contributed by atoms with Crippen LogP contribution < -0.4 is 0 Å². The van der Waals surface area contributed by atoms with Gasteiger partial charge in [0.05, 0.1) is 0 Å². The number of allylic oxidation sites excluding steroid dienone is 3. The van der Waals surface area contributed by atoms with Gasteiger partial charge in [0.1, 0.15) is 11.4 Å². The minimum atomic E-state index is -1.45. The molecule has 2 N–H and O–H groups in total. The second-order valence-electron chi connectivity index (χ2n) is 7.68. The van der Waals surface area contributed by atoms with E-state index in [9.17, 15) is 19.1 Å². The Balaban J connectivity index is 2.52. The Bertz CT molecular complexity index is 861. The van der Waals surface area contributed by atoms with Gasteiger partial charge in [0.2, 0.25) is 0 Å². The van der Waals surface area contributed by atoms with Crippen molar-refractivity contribution in [1.82, 2.24) is 0 Å². The van der Waals surface area contributed by atoms with Gasteiger partial charge in [-0.1, -0.05) is 38.1 Å². The monoisotopic (exact) mass is 372 g/mol. The number of rotatable bonds is 5. The van der Waals surface area contributed by atoms with Crippen LogP contribution in [-0.2, 0) is 16.0 Å². The molecule has 5 heteroatoms. The third-order valence-electron chi connectivity index (χ3n) is 5.26. The second kappa shape index (κ2) is 7.61. The van der Waals surface area contributed by atoms with E-state index in [1.165, 1.54) is 18.2 Å². The Morgan fingerprint density at radius 2 is 1.93 bits per heavy atom. The Morgan fingerprint density at radius 3 is 2.52 bits per heavy atom. The summed E-state index contributed by atoms with van der Waals surface area (Å²) in [6.07, 6.45) is 4.32. The highest BCUT2D eigenvalue weighted by molar-refractivity contribution is 5.98. The molecule has 0 radical (unpaired) electrons. The highest BCUT2D eigenvalue weighted by Gasteiger charge is 2.49. The molecule has 0 spiro atoms. The van der Waals surface area contributed by atoms with Gasteiger partial charge in [0.25, 0.3) is 0 Å². The largest absolute Gasteiger partial charge is 0.478 e. The Kier molecular flexibility index (Phi) is 5.85. The van der Waals surface area contributed by atoms with Crippen molar-refractivity contribution in [3.05, 3.63) is 70.6 Å². The van der Waals surface area contributed by atoms with Gasteiger partial charge in [-0.15, -0.1) is 0 Å². The lowest BCUT2D eigenvalue weighted by molar-refractivity contribution is -0.131. The van der Waals surface area contributed by atoms with Crippen molar-refractivity contribution in [1.29, 1.82) is 0 Å². The van der Waals surface area contributed by atoms with Crippen LogP contribution >= 0.6 is 0 Å². The van der Waals surface area contributed by atoms with E-state index in [4.69, 9.17) is 5.11 Å². The molecule has 1 atom stereocenters. The molecule has 0 aromatic heterocycles.